The number of hydrogen-bond donors (Lipinski definition) is 0. The van der Waals surface area contributed by atoms with Crippen LogP contribution in [-0.2, 0) is 4.74 Å². The molecule has 104 valence electrons. The lowest BCUT2D eigenvalue weighted by molar-refractivity contribution is 0.0627. The fourth-order valence-corrected chi connectivity index (χ4v) is 2.37. The van der Waals surface area contributed by atoms with Crippen LogP contribution in [0.5, 0.6) is 0 Å². The Morgan fingerprint density at radius 2 is 2.42 bits per heavy atom. The van der Waals surface area contributed by atoms with Crippen LogP contribution in [0.3, 0.4) is 0 Å². The fourth-order valence-electron chi connectivity index (χ4n) is 2.37. The van der Waals surface area contributed by atoms with Gasteiger partial charge in [0.25, 0.3) is 5.91 Å². The molecule has 4 nitrogen and oxygen atoms in total. The Kier molecular flexibility index (Phi) is 5.21. The van der Waals surface area contributed by atoms with E-state index in [-0.39, 0.29) is 5.91 Å². The third kappa shape index (κ3) is 3.96. The lowest BCUT2D eigenvalue weighted by atomic mass is 9.94. The molecule has 0 unspecified atom stereocenters. The van der Waals surface area contributed by atoms with E-state index in [1.165, 1.54) is 6.26 Å². The van der Waals surface area contributed by atoms with Gasteiger partial charge in [0.05, 0.1) is 12.9 Å². The molecule has 2 rings (SSSR count). The normalized spacial score (nSPS) is 18.5. The monoisotopic (exact) mass is 263 g/mol. The molecule has 0 fully saturated rings. The van der Waals surface area contributed by atoms with Gasteiger partial charge in [-0.3, -0.25) is 4.79 Å². The van der Waals surface area contributed by atoms with E-state index < -0.39 is 0 Å². The molecular formula is C15H21NO3. The molecule has 1 aromatic rings. The number of nitrogens with zero attached hydrogens (tertiary/aromatic N) is 1. The van der Waals surface area contributed by atoms with Crippen molar-refractivity contribution >= 4 is 5.91 Å². The summed E-state index contributed by atoms with van der Waals surface area (Å²) in [6.45, 7) is 1.93. The van der Waals surface area contributed by atoms with Gasteiger partial charge < -0.3 is 14.1 Å². The summed E-state index contributed by atoms with van der Waals surface area (Å²) in [7, 11) is 1.65. The Bertz CT molecular complexity index is 411. The number of methoxy groups -OCH3 is 1. The molecule has 0 N–H and O–H groups in total. The maximum absolute atomic E-state index is 12.3. The van der Waals surface area contributed by atoms with Gasteiger partial charge in [-0.15, -0.1) is 0 Å². The molecule has 1 atom stereocenters. The quantitative estimate of drug-likeness (QED) is 0.741. The first kappa shape index (κ1) is 13.9. The van der Waals surface area contributed by atoms with Crippen molar-refractivity contribution in [1.29, 1.82) is 0 Å². The Morgan fingerprint density at radius 1 is 1.53 bits per heavy atom. The molecule has 1 aromatic heterocycles. The number of rotatable bonds is 6. The van der Waals surface area contributed by atoms with Gasteiger partial charge in [-0.05, 0) is 37.3 Å². The smallest absolute Gasteiger partial charge is 0.289 e. The van der Waals surface area contributed by atoms with Crippen molar-refractivity contribution in [1.82, 2.24) is 4.90 Å². The standard InChI is InChI=1S/C15H21NO3/c1-18-11-9-16(12-13-6-3-2-4-7-13)15(17)14-8-5-10-19-14/h2-3,5,8,10,13H,4,6-7,9,11-12H2,1H3/t13-/m1/s1. The van der Waals surface area contributed by atoms with Gasteiger partial charge in [-0.1, -0.05) is 12.2 Å². The highest BCUT2D eigenvalue weighted by Gasteiger charge is 2.22. The molecule has 0 saturated carbocycles. The van der Waals surface area contributed by atoms with Crippen molar-refractivity contribution in [3.8, 4) is 0 Å². The van der Waals surface area contributed by atoms with Crippen LogP contribution in [0, 0.1) is 5.92 Å². The Balaban J connectivity index is 1.98. The van der Waals surface area contributed by atoms with Gasteiger partial charge in [0.15, 0.2) is 5.76 Å². The first-order valence-corrected chi connectivity index (χ1v) is 6.78. The first-order valence-electron chi connectivity index (χ1n) is 6.78. The highest BCUT2D eigenvalue weighted by Crippen LogP contribution is 2.20. The average Bonchev–Trinajstić information content (AvgIpc) is 2.98. The van der Waals surface area contributed by atoms with E-state index in [4.69, 9.17) is 9.15 Å². The van der Waals surface area contributed by atoms with Crippen molar-refractivity contribution in [2.75, 3.05) is 26.8 Å². The molecule has 0 radical (unpaired) electrons. The molecule has 4 heteroatoms. The van der Waals surface area contributed by atoms with E-state index >= 15 is 0 Å². The van der Waals surface area contributed by atoms with Gasteiger partial charge in [-0.2, -0.15) is 0 Å². The van der Waals surface area contributed by atoms with Crippen molar-refractivity contribution < 1.29 is 13.9 Å². The topological polar surface area (TPSA) is 42.7 Å². The number of hydrogen-bond acceptors (Lipinski definition) is 3. The maximum Gasteiger partial charge on any atom is 0.289 e. The van der Waals surface area contributed by atoms with Crippen LogP contribution in [0.4, 0.5) is 0 Å². The number of allylic oxidation sites excluding steroid dienone is 2. The lowest BCUT2D eigenvalue weighted by Gasteiger charge is -2.27. The van der Waals surface area contributed by atoms with Crippen LogP contribution in [-0.4, -0.2) is 37.6 Å². The molecule has 0 bridgehead atoms. The summed E-state index contributed by atoms with van der Waals surface area (Å²) >= 11 is 0. The second-order valence-electron chi connectivity index (χ2n) is 4.87. The van der Waals surface area contributed by atoms with Gasteiger partial charge >= 0.3 is 0 Å². The van der Waals surface area contributed by atoms with E-state index in [0.29, 0.717) is 24.8 Å². The van der Waals surface area contributed by atoms with Gasteiger partial charge in [0, 0.05) is 20.2 Å². The summed E-state index contributed by atoms with van der Waals surface area (Å²) in [5.74, 6) is 0.903. The zero-order valence-corrected chi connectivity index (χ0v) is 11.4. The summed E-state index contributed by atoms with van der Waals surface area (Å²) < 4.78 is 10.3. The van der Waals surface area contributed by atoms with Crippen LogP contribution in [0.2, 0.25) is 0 Å². The van der Waals surface area contributed by atoms with Crippen LogP contribution in [0.1, 0.15) is 29.8 Å². The van der Waals surface area contributed by atoms with Crippen molar-refractivity contribution in [3.05, 3.63) is 36.3 Å². The Hall–Kier alpha value is -1.55. The third-order valence-electron chi connectivity index (χ3n) is 3.44. The summed E-state index contributed by atoms with van der Waals surface area (Å²) in [6, 6.07) is 3.45. The molecule has 19 heavy (non-hydrogen) atoms. The predicted octanol–water partition coefficient (Wildman–Crippen LogP) is 2.72. The maximum atomic E-state index is 12.3. The lowest BCUT2D eigenvalue weighted by Crippen LogP contribution is -2.37. The minimum absolute atomic E-state index is 0.0448. The fraction of sp³-hybridized carbons (Fsp3) is 0.533. The SMILES string of the molecule is COCCN(C[C@@H]1CC=CCC1)C(=O)c1ccco1. The van der Waals surface area contributed by atoms with Crippen LogP contribution in [0.25, 0.3) is 0 Å². The number of furan rings is 1. The molecule has 0 aliphatic heterocycles. The van der Waals surface area contributed by atoms with E-state index in [0.717, 1.165) is 25.8 Å². The predicted molar refractivity (Wildman–Crippen MR) is 73.0 cm³/mol. The summed E-state index contributed by atoms with van der Waals surface area (Å²) in [5.41, 5.74) is 0. The number of ether oxygens (including phenoxy) is 1. The van der Waals surface area contributed by atoms with Gasteiger partial charge in [-0.25, -0.2) is 0 Å². The van der Waals surface area contributed by atoms with E-state index in [2.05, 4.69) is 12.2 Å². The summed E-state index contributed by atoms with van der Waals surface area (Å²) in [4.78, 5) is 14.2. The molecule has 0 spiro atoms. The number of carbonyl (C=O) groups excluding carboxylic acids is 1. The summed E-state index contributed by atoms with van der Waals surface area (Å²) in [6.07, 6.45) is 9.26. The van der Waals surface area contributed by atoms with Crippen molar-refractivity contribution in [3.63, 3.8) is 0 Å². The molecule has 0 aromatic carbocycles. The molecule has 1 aliphatic carbocycles. The van der Waals surface area contributed by atoms with E-state index in [1.54, 1.807) is 19.2 Å². The van der Waals surface area contributed by atoms with Crippen LogP contribution < -0.4 is 0 Å². The first-order chi connectivity index (χ1) is 9.31. The van der Waals surface area contributed by atoms with Crippen molar-refractivity contribution in [2.45, 2.75) is 19.3 Å². The molecule has 1 heterocycles. The zero-order chi connectivity index (χ0) is 13.5. The second-order valence-corrected chi connectivity index (χ2v) is 4.87. The highest BCUT2D eigenvalue weighted by atomic mass is 16.5. The third-order valence-corrected chi connectivity index (χ3v) is 3.44. The summed E-state index contributed by atoms with van der Waals surface area (Å²) in [5, 5.41) is 0. The number of carbonyl (C=O) groups is 1. The van der Waals surface area contributed by atoms with Gasteiger partial charge in [0.2, 0.25) is 0 Å². The molecule has 1 amide bonds. The molecular weight excluding hydrogens is 242 g/mol. The van der Waals surface area contributed by atoms with Gasteiger partial charge in [0.1, 0.15) is 0 Å². The molecule has 1 aliphatic rings. The number of amides is 1. The highest BCUT2D eigenvalue weighted by molar-refractivity contribution is 5.91. The van der Waals surface area contributed by atoms with E-state index in [1.807, 2.05) is 4.90 Å². The largest absolute Gasteiger partial charge is 0.459 e. The second kappa shape index (κ2) is 7.14. The Labute approximate surface area is 114 Å². The molecule has 0 saturated heterocycles. The average molecular weight is 263 g/mol. The minimum Gasteiger partial charge on any atom is -0.459 e. The zero-order valence-electron chi connectivity index (χ0n) is 11.4. The van der Waals surface area contributed by atoms with Crippen LogP contribution in [0.15, 0.2) is 35.0 Å². The minimum atomic E-state index is -0.0448. The van der Waals surface area contributed by atoms with Crippen LogP contribution >= 0.6 is 0 Å². The Morgan fingerprint density at radius 3 is 3.05 bits per heavy atom. The van der Waals surface area contributed by atoms with E-state index in [9.17, 15) is 4.79 Å². The van der Waals surface area contributed by atoms with Crippen molar-refractivity contribution in [2.24, 2.45) is 5.92 Å².